The number of carbonyl (C=O) groups excluding carboxylic acids is 1. The molecular weight excluding hydrogens is 178 g/mol. The van der Waals surface area contributed by atoms with Gasteiger partial charge in [-0.05, 0) is 12.1 Å². The SMILES string of the molecule is C=CCNC(=O)COc1ccccc1. The quantitative estimate of drug-likeness (QED) is 0.714. The topological polar surface area (TPSA) is 38.3 Å². The molecule has 0 spiro atoms. The summed E-state index contributed by atoms with van der Waals surface area (Å²) < 4.78 is 5.22. The highest BCUT2D eigenvalue weighted by molar-refractivity contribution is 5.77. The van der Waals surface area contributed by atoms with Crippen LogP contribution in [0, 0.1) is 0 Å². The van der Waals surface area contributed by atoms with Gasteiger partial charge in [0.05, 0.1) is 0 Å². The van der Waals surface area contributed by atoms with Crippen LogP contribution >= 0.6 is 0 Å². The van der Waals surface area contributed by atoms with Crippen LogP contribution in [0.15, 0.2) is 43.0 Å². The summed E-state index contributed by atoms with van der Waals surface area (Å²) in [5.74, 6) is 0.551. The van der Waals surface area contributed by atoms with Gasteiger partial charge in [-0.3, -0.25) is 4.79 Å². The van der Waals surface area contributed by atoms with E-state index >= 15 is 0 Å². The van der Waals surface area contributed by atoms with Crippen LogP contribution in [0.3, 0.4) is 0 Å². The Bertz CT molecular complexity index is 295. The van der Waals surface area contributed by atoms with Gasteiger partial charge in [-0.25, -0.2) is 0 Å². The van der Waals surface area contributed by atoms with Crippen LogP contribution in [0.5, 0.6) is 5.75 Å². The summed E-state index contributed by atoms with van der Waals surface area (Å²) in [5, 5.41) is 2.62. The zero-order valence-electron chi connectivity index (χ0n) is 7.90. The first-order chi connectivity index (χ1) is 6.83. The Morgan fingerprint density at radius 1 is 1.43 bits per heavy atom. The van der Waals surface area contributed by atoms with E-state index in [0.29, 0.717) is 12.3 Å². The lowest BCUT2D eigenvalue weighted by atomic mass is 10.3. The number of benzene rings is 1. The fraction of sp³-hybridized carbons (Fsp3) is 0.182. The number of amides is 1. The molecule has 0 atom stereocenters. The van der Waals surface area contributed by atoms with Crippen molar-refractivity contribution >= 4 is 5.91 Å². The molecule has 0 fully saturated rings. The molecule has 3 heteroatoms. The standard InChI is InChI=1S/C11H13NO2/c1-2-8-12-11(13)9-14-10-6-4-3-5-7-10/h2-7H,1,8-9H2,(H,12,13). The maximum atomic E-state index is 11.1. The lowest BCUT2D eigenvalue weighted by Gasteiger charge is -2.05. The van der Waals surface area contributed by atoms with Crippen molar-refractivity contribution in [3.63, 3.8) is 0 Å². The number of rotatable bonds is 5. The normalized spacial score (nSPS) is 9.14. The average Bonchev–Trinajstić information content (AvgIpc) is 2.25. The summed E-state index contributed by atoms with van der Waals surface area (Å²) in [5.41, 5.74) is 0. The van der Waals surface area contributed by atoms with Gasteiger partial charge in [0.1, 0.15) is 5.75 Å². The lowest BCUT2D eigenvalue weighted by Crippen LogP contribution is -2.28. The molecule has 3 nitrogen and oxygen atoms in total. The second-order valence-electron chi connectivity index (χ2n) is 2.69. The fourth-order valence-corrected chi connectivity index (χ4v) is 0.903. The summed E-state index contributed by atoms with van der Waals surface area (Å²) in [6.45, 7) is 4.00. The predicted octanol–water partition coefficient (Wildman–Crippen LogP) is 1.37. The molecular formula is C11H13NO2. The van der Waals surface area contributed by atoms with Crippen molar-refractivity contribution < 1.29 is 9.53 Å². The number of hydrogen-bond acceptors (Lipinski definition) is 2. The molecule has 0 saturated heterocycles. The summed E-state index contributed by atoms with van der Waals surface area (Å²) in [4.78, 5) is 11.1. The van der Waals surface area contributed by atoms with E-state index < -0.39 is 0 Å². The van der Waals surface area contributed by atoms with Gasteiger partial charge in [0.2, 0.25) is 0 Å². The Balaban J connectivity index is 2.27. The van der Waals surface area contributed by atoms with E-state index in [-0.39, 0.29) is 12.5 Å². The van der Waals surface area contributed by atoms with Gasteiger partial charge in [0.25, 0.3) is 5.91 Å². The van der Waals surface area contributed by atoms with E-state index in [4.69, 9.17) is 4.74 Å². The highest BCUT2D eigenvalue weighted by Crippen LogP contribution is 2.07. The Kier molecular flexibility index (Phi) is 4.27. The van der Waals surface area contributed by atoms with Crippen molar-refractivity contribution in [2.75, 3.05) is 13.2 Å². The van der Waals surface area contributed by atoms with E-state index in [1.54, 1.807) is 18.2 Å². The lowest BCUT2D eigenvalue weighted by molar-refractivity contribution is -0.122. The Morgan fingerprint density at radius 2 is 2.14 bits per heavy atom. The number of ether oxygens (including phenoxy) is 1. The van der Waals surface area contributed by atoms with Crippen molar-refractivity contribution in [1.29, 1.82) is 0 Å². The second-order valence-corrected chi connectivity index (χ2v) is 2.69. The van der Waals surface area contributed by atoms with E-state index in [0.717, 1.165) is 0 Å². The molecule has 1 N–H and O–H groups in total. The van der Waals surface area contributed by atoms with Crippen LogP contribution in [-0.2, 0) is 4.79 Å². The summed E-state index contributed by atoms with van der Waals surface area (Å²) in [7, 11) is 0. The minimum atomic E-state index is -0.145. The minimum Gasteiger partial charge on any atom is -0.484 e. The number of para-hydroxylation sites is 1. The molecule has 0 aliphatic heterocycles. The molecule has 1 aromatic rings. The molecule has 1 amide bonds. The molecule has 0 heterocycles. The van der Waals surface area contributed by atoms with Crippen molar-refractivity contribution in [3.05, 3.63) is 43.0 Å². The molecule has 0 radical (unpaired) electrons. The van der Waals surface area contributed by atoms with E-state index in [1.165, 1.54) is 0 Å². The molecule has 0 unspecified atom stereocenters. The van der Waals surface area contributed by atoms with Gasteiger partial charge in [-0.2, -0.15) is 0 Å². The third-order valence-electron chi connectivity index (χ3n) is 1.56. The molecule has 74 valence electrons. The van der Waals surface area contributed by atoms with Crippen molar-refractivity contribution in [3.8, 4) is 5.75 Å². The smallest absolute Gasteiger partial charge is 0.258 e. The van der Waals surface area contributed by atoms with E-state index in [2.05, 4.69) is 11.9 Å². The van der Waals surface area contributed by atoms with Gasteiger partial charge in [0.15, 0.2) is 6.61 Å². The Morgan fingerprint density at radius 3 is 2.79 bits per heavy atom. The van der Waals surface area contributed by atoms with Crippen LogP contribution in [0.1, 0.15) is 0 Å². The fourth-order valence-electron chi connectivity index (χ4n) is 0.903. The summed E-state index contributed by atoms with van der Waals surface area (Å²) >= 11 is 0. The first-order valence-electron chi connectivity index (χ1n) is 4.38. The molecule has 0 bridgehead atoms. The number of carbonyl (C=O) groups is 1. The van der Waals surface area contributed by atoms with E-state index in [9.17, 15) is 4.79 Å². The predicted molar refractivity (Wildman–Crippen MR) is 55.1 cm³/mol. The zero-order valence-corrected chi connectivity index (χ0v) is 7.90. The largest absolute Gasteiger partial charge is 0.484 e. The van der Waals surface area contributed by atoms with Gasteiger partial charge in [-0.15, -0.1) is 6.58 Å². The molecule has 1 aromatic carbocycles. The molecule has 0 aromatic heterocycles. The van der Waals surface area contributed by atoms with Crippen LogP contribution < -0.4 is 10.1 Å². The summed E-state index contributed by atoms with van der Waals surface area (Å²) in [6.07, 6.45) is 1.63. The maximum absolute atomic E-state index is 11.1. The van der Waals surface area contributed by atoms with Gasteiger partial charge < -0.3 is 10.1 Å². The van der Waals surface area contributed by atoms with Crippen molar-refractivity contribution in [1.82, 2.24) is 5.32 Å². The highest BCUT2D eigenvalue weighted by Gasteiger charge is 1.99. The van der Waals surface area contributed by atoms with Crippen LogP contribution in [0.2, 0.25) is 0 Å². The van der Waals surface area contributed by atoms with Gasteiger partial charge in [-0.1, -0.05) is 24.3 Å². The number of nitrogens with one attached hydrogen (secondary N) is 1. The Hall–Kier alpha value is -1.77. The molecule has 1 rings (SSSR count). The van der Waals surface area contributed by atoms with Crippen LogP contribution in [0.4, 0.5) is 0 Å². The van der Waals surface area contributed by atoms with Gasteiger partial charge in [0, 0.05) is 6.54 Å². The van der Waals surface area contributed by atoms with Gasteiger partial charge >= 0.3 is 0 Å². The molecule has 0 aliphatic rings. The summed E-state index contributed by atoms with van der Waals surface area (Å²) in [6, 6.07) is 9.22. The van der Waals surface area contributed by atoms with Crippen LogP contribution in [0.25, 0.3) is 0 Å². The van der Waals surface area contributed by atoms with Crippen molar-refractivity contribution in [2.45, 2.75) is 0 Å². The second kappa shape index (κ2) is 5.80. The zero-order chi connectivity index (χ0) is 10.2. The highest BCUT2D eigenvalue weighted by atomic mass is 16.5. The molecule has 0 aliphatic carbocycles. The van der Waals surface area contributed by atoms with Crippen molar-refractivity contribution in [2.24, 2.45) is 0 Å². The first kappa shape index (κ1) is 10.3. The third kappa shape index (κ3) is 3.76. The average molecular weight is 191 g/mol. The monoisotopic (exact) mass is 191 g/mol. The van der Waals surface area contributed by atoms with E-state index in [1.807, 2.05) is 18.2 Å². The third-order valence-corrected chi connectivity index (χ3v) is 1.56. The first-order valence-corrected chi connectivity index (χ1v) is 4.38. The minimum absolute atomic E-state index is 0.0395. The number of hydrogen-bond donors (Lipinski definition) is 1. The maximum Gasteiger partial charge on any atom is 0.258 e. The molecule has 0 saturated carbocycles. The Labute approximate surface area is 83.4 Å². The molecule has 14 heavy (non-hydrogen) atoms. The van der Waals surface area contributed by atoms with Crippen LogP contribution in [-0.4, -0.2) is 19.1 Å².